The van der Waals surface area contributed by atoms with E-state index in [1.54, 1.807) is 6.20 Å². The van der Waals surface area contributed by atoms with E-state index in [-0.39, 0.29) is 6.04 Å². The minimum Gasteiger partial charge on any atom is -0.352 e. The van der Waals surface area contributed by atoms with Crippen molar-refractivity contribution < 1.29 is 8.78 Å². The van der Waals surface area contributed by atoms with Crippen LogP contribution in [0.5, 0.6) is 0 Å². The van der Waals surface area contributed by atoms with Gasteiger partial charge < -0.3 is 15.6 Å². The lowest BCUT2D eigenvalue weighted by Gasteiger charge is -2.37. The summed E-state index contributed by atoms with van der Waals surface area (Å²) in [7, 11) is 0. The Morgan fingerprint density at radius 1 is 1.38 bits per heavy atom. The summed E-state index contributed by atoms with van der Waals surface area (Å²) in [4.78, 5) is 17.9. The van der Waals surface area contributed by atoms with Gasteiger partial charge in [0.25, 0.3) is 6.43 Å². The molecule has 7 nitrogen and oxygen atoms in total. The molecule has 1 aliphatic heterocycles. The molecular weight excluding hydrogens is 340 g/mol. The zero-order valence-corrected chi connectivity index (χ0v) is 14.4. The zero-order valence-electron chi connectivity index (χ0n) is 14.4. The SMILES string of the molecule is CC1CCC(N)CN1c1cc(-c2cnc(/C=C\C(=N)C(F)F)[nH]2)ncn1. The number of alkyl halides is 2. The average molecular weight is 361 g/mol. The number of imidazole rings is 1. The van der Waals surface area contributed by atoms with E-state index in [4.69, 9.17) is 11.1 Å². The van der Waals surface area contributed by atoms with Gasteiger partial charge in [-0.25, -0.2) is 23.7 Å². The number of hydrogen-bond acceptors (Lipinski definition) is 6. The molecule has 0 radical (unpaired) electrons. The summed E-state index contributed by atoms with van der Waals surface area (Å²) in [6.45, 7) is 2.88. The lowest BCUT2D eigenvalue weighted by Crippen LogP contribution is -2.48. The molecule has 1 fully saturated rings. The topological polar surface area (TPSA) is 108 Å². The fraction of sp³-hybridized carbons (Fsp3) is 0.412. The van der Waals surface area contributed by atoms with E-state index >= 15 is 0 Å². The summed E-state index contributed by atoms with van der Waals surface area (Å²) >= 11 is 0. The first-order valence-electron chi connectivity index (χ1n) is 8.38. The number of halogens is 2. The highest BCUT2D eigenvalue weighted by atomic mass is 19.3. The van der Waals surface area contributed by atoms with Crippen LogP contribution in [0.2, 0.25) is 0 Å². The van der Waals surface area contributed by atoms with Crippen LogP contribution >= 0.6 is 0 Å². The number of anilines is 1. The van der Waals surface area contributed by atoms with Crippen LogP contribution in [0, 0.1) is 5.41 Å². The van der Waals surface area contributed by atoms with Crippen molar-refractivity contribution in [2.24, 2.45) is 5.73 Å². The second-order valence-corrected chi connectivity index (χ2v) is 6.37. The number of rotatable bonds is 5. The first kappa shape index (κ1) is 18.1. The maximum absolute atomic E-state index is 12.3. The Morgan fingerprint density at radius 3 is 2.96 bits per heavy atom. The van der Waals surface area contributed by atoms with Crippen LogP contribution in [0.3, 0.4) is 0 Å². The Hall–Kier alpha value is -2.68. The molecule has 2 atom stereocenters. The maximum Gasteiger partial charge on any atom is 0.279 e. The average Bonchev–Trinajstić information content (AvgIpc) is 3.11. The first-order chi connectivity index (χ1) is 12.4. The lowest BCUT2D eigenvalue weighted by atomic mass is 10.00. The number of nitrogens with two attached hydrogens (primary N) is 1. The smallest absolute Gasteiger partial charge is 0.279 e. The van der Waals surface area contributed by atoms with Crippen LogP contribution < -0.4 is 10.6 Å². The van der Waals surface area contributed by atoms with E-state index in [9.17, 15) is 8.78 Å². The number of hydrogen-bond donors (Lipinski definition) is 3. The molecule has 0 aromatic carbocycles. The molecule has 26 heavy (non-hydrogen) atoms. The van der Waals surface area contributed by atoms with Gasteiger partial charge in [-0.15, -0.1) is 0 Å². The summed E-state index contributed by atoms with van der Waals surface area (Å²) in [5, 5.41) is 7.13. The third kappa shape index (κ3) is 4.10. The van der Waals surface area contributed by atoms with E-state index in [2.05, 4.69) is 31.8 Å². The highest BCUT2D eigenvalue weighted by Gasteiger charge is 2.24. The highest BCUT2D eigenvalue weighted by molar-refractivity contribution is 5.97. The molecule has 3 heterocycles. The van der Waals surface area contributed by atoms with Crippen LogP contribution in [-0.2, 0) is 0 Å². The van der Waals surface area contributed by atoms with Crippen LogP contribution in [0.4, 0.5) is 14.6 Å². The third-order valence-electron chi connectivity index (χ3n) is 4.39. The maximum atomic E-state index is 12.3. The van der Waals surface area contributed by atoms with E-state index in [1.807, 2.05) is 6.07 Å². The van der Waals surface area contributed by atoms with Gasteiger partial charge in [-0.1, -0.05) is 0 Å². The van der Waals surface area contributed by atoms with Crippen molar-refractivity contribution in [2.75, 3.05) is 11.4 Å². The number of nitrogens with zero attached hydrogens (tertiary/aromatic N) is 4. The number of piperidine rings is 1. The summed E-state index contributed by atoms with van der Waals surface area (Å²) < 4.78 is 24.7. The largest absolute Gasteiger partial charge is 0.352 e. The molecule has 2 aromatic heterocycles. The molecule has 0 spiro atoms. The molecule has 4 N–H and O–H groups in total. The normalized spacial score (nSPS) is 20.9. The van der Waals surface area contributed by atoms with E-state index in [0.717, 1.165) is 31.3 Å². The van der Waals surface area contributed by atoms with Gasteiger partial charge in [-0.2, -0.15) is 0 Å². The molecule has 1 saturated heterocycles. The Morgan fingerprint density at radius 2 is 2.19 bits per heavy atom. The van der Waals surface area contributed by atoms with Crippen molar-refractivity contribution in [1.82, 2.24) is 19.9 Å². The summed E-state index contributed by atoms with van der Waals surface area (Å²) in [5.41, 5.74) is 6.61. The molecule has 0 bridgehead atoms. The van der Waals surface area contributed by atoms with Gasteiger partial charge in [0, 0.05) is 24.7 Å². The molecule has 0 aliphatic carbocycles. The Balaban J connectivity index is 1.79. The van der Waals surface area contributed by atoms with Crippen molar-refractivity contribution >= 4 is 17.6 Å². The van der Waals surface area contributed by atoms with Crippen molar-refractivity contribution in [2.45, 2.75) is 38.3 Å². The lowest BCUT2D eigenvalue weighted by molar-refractivity contribution is 0.226. The number of aromatic amines is 1. The standard InChI is InChI=1S/C17H21F2N7/c1-10-2-3-11(20)8-26(10)16-6-13(23-9-24-16)14-7-22-15(25-14)5-4-12(21)17(18)19/h4-7,9-11,17,21H,2-3,8,20H2,1H3,(H,22,25)/b5-4-,21-12?. The van der Waals surface area contributed by atoms with Crippen LogP contribution in [0.1, 0.15) is 25.6 Å². The Labute approximate surface area is 149 Å². The number of H-pyrrole nitrogens is 1. The molecule has 0 amide bonds. The summed E-state index contributed by atoms with van der Waals surface area (Å²) in [6, 6.07) is 2.33. The number of nitrogens with one attached hydrogen (secondary N) is 2. The molecular formula is C17H21F2N7. The van der Waals surface area contributed by atoms with Gasteiger partial charge in [-0.3, -0.25) is 5.41 Å². The first-order valence-corrected chi connectivity index (χ1v) is 8.38. The molecule has 3 rings (SSSR count). The number of aromatic nitrogens is 4. The monoisotopic (exact) mass is 361 g/mol. The molecule has 9 heteroatoms. The van der Waals surface area contributed by atoms with Gasteiger partial charge in [-0.05, 0) is 31.9 Å². The van der Waals surface area contributed by atoms with Crippen molar-refractivity contribution in [3.8, 4) is 11.4 Å². The third-order valence-corrected chi connectivity index (χ3v) is 4.39. The minimum atomic E-state index is -2.80. The quantitative estimate of drug-likeness (QED) is 0.709. The fourth-order valence-corrected chi connectivity index (χ4v) is 2.90. The van der Waals surface area contributed by atoms with Gasteiger partial charge in [0.05, 0.1) is 23.3 Å². The van der Waals surface area contributed by atoms with Crippen LogP contribution in [0.25, 0.3) is 17.5 Å². The second-order valence-electron chi connectivity index (χ2n) is 6.37. The van der Waals surface area contributed by atoms with Crippen LogP contribution in [0.15, 0.2) is 24.7 Å². The van der Waals surface area contributed by atoms with Gasteiger partial charge in [0.1, 0.15) is 18.0 Å². The molecule has 1 aliphatic rings. The zero-order chi connectivity index (χ0) is 18.7. The fourth-order valence-electron chi connectivity index (χ4n) is 2.90. The second kappa shape index (κ2) is 7.69. The Kier molecular flexibility index (Phi) is 5.36. The molecule has 138 valence electrons. The predicted molar refractivity (Wildman–Crippen MR) is 96.4 cm³/mol. The van der Waals surface area contributed by atoms with Gasteiger partial charge >= 0.3 is 0 Å². The van der Waals surface area contributed by atoms with Crippen molar-refractivity contribution in [1.29, 1.82) is 5.41 Å². The Bertz CT molecular complexity index is 802. The van der Waals surface area contributed by atoms with Gasteiger partial charge in [0.15, 0.2) is 0 Å². The van der Waals surface area contributed by atoms with E-state index < -0.39 is 12.1 Å². The highest BCUT2D eigenvalue weighted by Crippen LogP contribution is 2.25. The van der Waals surface area contributed by atoms with Crippen LogP contribution in [-0.4, -0.2) is 50.7 Å². The molecule has 2 unspecified atom stereocenters. The summed E-state index contributed by atoms with van der Waals surface area (Å²) in [6.07, 6.45) is 4.63. The van der Waals surface area contributed by atoms with Crippen molar-refractivity contribution in [3.05, 3.63) is 30.5 Å². The van der Waals surface area contributed by atoms with Gasteiger partial charge in [0.2, 0.25) is 0 Å². The molecule has 2 aromatic rings. The van der Waals surface area contributed by atoms with Crippen molar-refractivity contribution in [3.63, 3.8) is 0 Å². The minimum absolute atomic E-state index is 0.124. The number of allylic oxidation sites excluding steroid dienone is 1. The summed E-state index contributed by atoms with van der Waals surface area (Å²) in [5.74, 6) is 1.17. The van der Waals surface area contributed by atoms with E-state index in [1.165, 1.54) is 12.4 Å². The van der Waals surface area contributed by atoms with E-state index in [0.29, 0.717) is 23.3 Å². The predicted octanol–water partition coefficient (Wildman–Crippen LogP) is 2.48. The molecule has 0 saturated carbocycles.